The average molecular weight is 241 g/mol. The van der Waals surface area contributed by atoms with E-state index in [1.54, 1.807) is 0 Å². The number of carboxylic acids is 1. The summed E-state index contributed by atoms with van der Waals surface area (Å²) in [5.74, 6) is -0.650. The van der Waals surface area contributed by atoms with Gasteiger partial charge in [0.15, 0.2) is 5.78 Å². The highest BCUT2D eigenvalue weighted by Crippen LogP contribution is 2.34. The Kier molecular flexibility index (Phi) is 2.83. The van der Waals surface area contributed by atoms with Gasteiger partial charge in [0.05, 0.1) is 23.6 Å². The molecule has 1 aliphatic rings. The van der Waals surface area contributed by atoms with Crippen LogP contribution in [0.3, 0.4) is 0 Å². The van der Waals surface area contributed by atoms with E-state index in [1.807, 2.05) is 0 Å². The Balaban J connectivity index is 2.46. The van der Waals surface area contributed by atoms with Crippen LogP contribution >= 0.6 is 11.6 Å². The summed E-state index contributed by atoms with van der Waals surface area (Å²) in [4.78, 5) is 22.2. The molecule has 0 saturated carbocycles. The maximum atomic E-state index is 11.6. The average Bonchev–Trinajstić information content (AvgIpc) is 2.19. The zero-order valence-electron chi connectivity index (χ0n) is 8.33. The topological polar surface area (TPSA) is 63.6 Å². The van der Waals surface area contributed by atoms with Crippen molar-refractivity contribution in [2.24, 2.45) is 0 Å². The molecule has 0 radical (unpaired) electrons. The highest BCUT2D eigenvalue weighted by molar-refractivity contribution is 6.33. The first-order valence-electron chi connectivity index (χ1n) is 4.78. The van der Waals surface area contributed by atoms with Crippen molar-refractivity contribution in [3.05, 3.63) is 28.3 Å². The zero-order chi connectivity index (χ0) is 11.7. The summed E-state index contributed by atoms with van der Waals surface area (Å²) < 4.78 is 5.28. The molecule has 1 aromatic carbocycles. The van der Waals surface area contributed by atoms with E-state index < -0.39 is 5.97 Å². The summed E-state index contributed by atoms with van der Waals surface area (Å²) in [6.07, 6.45) is 0.153. The van der Waals surface area contributed by atoms with Crippen LogP contribution in [0.1, 0.15) is 22.3 Å². The van der Waals surface area contributed by atoms with E-state index in [4.69, 9.17) is 21.4 Å². The number of ether oxygens (including phenoxy) is 1. The second kappa shape index (κ2) is 4.14. The van der Waals surface area contributed by atoms with Crippen LogP contribution in [-0.2, 0) is 11.2 Å². The Bertz CT molecular complexity index is 467. The number of carbonyl (C=O) groups is 2. The van der Waals surface area contributed by atoms with Gasteiger partial charge in [0, 0.05) is 6.42 Å². The Morgan fingerprint density at radius 2 is 2.25 bits per heavy atom. The third kappa shape index (κ3) is 2.02. The molecule has 84 valence electrons. The third-order valence-electron chi connectivity index (χ3n) is 2.33. The lowest BCUT2D eigenvalue weighted by Gasteiger charge is -2.18. The minimum absolute atomic E-state index is 0.0598. The predicted molar refractivity (Wildman–Crippen MR) is 57.2 cm³/mol. The number of Topliss-reactive ketones (excluding diaryl/α,β-unsaturated/α-hetero) is 1. The van der Waals surface area contributed by atoms with E-state index >= 15 is 0 Å². The van der Waals surface area contributed by atoms with Gasteiger partial charge in [0.25, 0.3) is 0 Å². The second-order valence-corrected chi connectivity index (χ2v) is 3.95. The van der Waals surface area contributed by atoms with Gasteiger partial charge in [-0.1, -0.05) is 11.6 Å². The van der Waals surface area contributed by atoms with Crippen LogP contribution in [0.2, 0.25) is 5.02 Å². The lowest BCUT2D eigenvalue weighted by molar-refractivity contribution is -0.136. The minimum Gasteiger partial charge on any atom is -0.491 e. The van der Waals surface area contributed by atoms with Gasteiger partial charge in [-0.25, -0.2) is 0 Å². The van der Waals surface area contributed by atoms with E-state index in [2.05, 4.69) is 0 Å². The minimum atomic E-state index is -0.958. The number of carboxylic acid groups (broad SMARTS) is 1. The standard InChI is InChI=1S/C11H9ClO4/c12-8-4-6(5-10(14)15)3-7-9(13)1-2-16-11(7)8/h3-4H,1-2,5H2,(H,14,15). The first-order chi connectivity index (χ1) is 7.58. The second-order valence-electron chi connectivity index (χ2n) is 3.55. The van der Waals surface area contributed by atoms with Crippen molar-refractivity contribution < 1.29 is 19.4 Å². The van der Waals surface area contributed by atoms with Crippen molar-refractivity contribution >= 4 is 23.4 Å². The number of halogens is 1. The molecule has 0 aliphatic carbocycles. The fourth-order valence-corrected chi connectivity index (χ4v) is 1.96. The Morgan fingerprint density at radius 1 is 1.50 bits per heavy atom. The number of hydrogen-bond acceptors (Lipinski definition) is 3. The smallest absolute Gasteiger partial charge is 0.307 e. The monoisotopic (exact) mass is 240 g/mol. The van der Waals surface area contributed by atoms with Crippen LogP contribution < -0.4 is 4.74 Å². The Hall–Kier alpha value is -1.55. The summed E-state index contributed by atoms with van der Waals surface area (Å²) in [5, 5.41) is 8.96. The maximum Gasteiger partial charge on any atom is 0.307 e. The normalized spacial score (nSPS) is 14.2. The number of rotatable bonds is 2. The molecule has 1 heterocycles. The number of fused-ring (bicyclic) bond motifs is 1. The van der Waals surface area contributed by atoms with Crippen molar-refractivity contribution in [3.63, 3.8) is 0 Å². The number of carbonyl (C=O) groups excluding carboxylic acids is 1. The van der Waals surface area contributed by atoms with Crippen LogP contribution in [0.4, 0.5) is 0 Å². The Labute approximate surface area is 96.8 Å². The molecular formula is C11H9ClO4. The molecule has 0 aromatic heterocycles. The quantitative estimate of drug-likeness (QED) is 0.858. The molecule has 1 aliphatic heterocycles. The molecule has 0 spiro atoms. The highest BCUT2D eigenvalue weighted by atomic mass is 35.5. The Morgan fingerprint density at radius 3 is 2.94 bits per heavy atom. The molecule has 0 bridgehead atoms. The van der Waals surface area contributed by atoms with Crippen molar-refractivity contribution in [1.29, 1.82) is 0 Å². The molecule has 0 atom stereocenters. The largest absolute Gasteiger partial charge is 0.491 e. The molecular weight excluding hydrogens is 232 g/mol. The summed E-state index contributed by atoms with van der Waals surface area (Å²) in [6.45, 7) is 0.323. The molecule has 0 fully saturated rings. The maximum absolute atomic E-state index is 11.6. The van der Waals surface area contributed by atoms with Crippen molar-refractivity contribution in [2.45, 2.75) is 12.8 Å². The lowest BCUT2D eigenvalue weighted by Crippen LogP contribution is -2.16. The molecule has 1 aromatic rings. The molecule has 4 nitrogen and oxygen atoms in total. The summed E-state index contributed by atoms with van der Waals surface area (Å²) in [5.41, 5.74) is 0.894. The molecule has 16 heavy (non-hydrogen) atoms. The van der Waals surface area contributed by atoms with Crippen molar-refractivity contribution in [2.75, 3.05) is 6.61 Å². The van der Waals surface area contributed by atoms with Crippen LogP contribution in [0.5, 0.6) is 5.75 Å². The van der Waals surface area contributed by atoms with E-state index in [0.29, 0.717) is 34.9 Å². The number of hydrogen-bond donors (Lipinski definition) is 1. The molecule has 1 N–H and O–H groups in total. The van der Waals surface area contributed by atoms with Crippen molar-refractivity contribution in [1.82, 2.24) is 0 Å². The van der Waals surface area contributed by atoms with Gasteiger partial charge >= 0.3 is 5.97 Å². The molecule has 0 amide bonds. The molecule has 2 rings (SSSR count). The summed E-state index contributed by atoms with van der Waals surface area (Å²) >= 11 is 5.93. The first-order valence-corrected chi connectivity index (χ1v) is 5.16. The fraction of sp³-hybridized carbons (Fsp3) is 0.273. The summed E-state index contributed by atoms with van der Waals surface area (Å²) in [7, 11) is 0. The van der Waals surface area contributed by atoms with Gasteiger partial charge in [0.2, 0.25) is 0 Å². The van der Waals surface area contributed by atoms with Gasteiger partial charge in [-0.3, -0.25) is 9.59 Å². The van der Waals surface area contributed by atoms with Gasteiger partial charge < -0.3 is 9.84 Å². The third-order valence-corrected chi connectivity index (χ3v) is 2.62. The van der Waals surface area contributed by atoms with E-state index in [9.17, 15) is 9.59 Å². The molecule has 0 saturated heterocycles. The van der Waals surface area contributed by atoms with Gasteiger partial charge in [-0.05, 0) is 17.7 Å². The van der Waals surface area contributed by atoms with E-state index in [-0.39, 0.29) is 12.2 Å². The zero-order valence-corrected chi connectivity index (χ0v) is 9.08. The first kappa shape index (κ1) is 11.0. The fourth-order valence-electron chi connectivity index (χ4n) is 1.66. The van der Waals surface area contributed by atoms with Crippen LogP contribution in [0.25, 0.3) is 0 Å². The van der Waals surface area contributed by atoms with Crippen LogP contribution in [-0.4, -0.2) is 23.5 Å². The van der Waals surface area contributed by atoms with Gasteiger partial charge in [-0.15, -0.1) is 0 Å². The summed E-state index contributed by atoms with van der Waals surface area (Å²) in [6, 6.07) is 3.06. The number of benzene rings is 1. The van der Waals surface area contributed by atoms with Crippen LogP contribution in [0, 0.1) is 0 Å². The van der Waals surface area contributed by atoms with Gasteiger partial charge in [-0.2, -0.15) is 0 Å². The van der Waals surface area contributed by atoms with E-state index in [0.717, 1.165) is 0 Å². The SMILES string of the molecule is O=C(O)Cc1cc(Cl)c2c(c1)C(=O)CCO2. The molecule has 0 unspecified atom stereocenters. The molecule has 5 heteroatoms. The van der Waals surface area contributed by atoms with Gasteiger partial charge in [0.1, 0.15) is 5.75 Å². The lowest BCUT2D eigenvalue weighted by atomic mass is 10.0. The van der Waals surface area contributed by atoms with Crippen LogP contribution in [0.15, 0.2) is 12.1 Å². The van der Waals surface area contributed by atoms with Crippen molar-refractivity contribution in [3.8, 4) is 5.75 Å². The number of ketones is 1. The highest BCUT2D eigenvalue weighted by Gasteiger charge is 2.22. The predicted octanol–water partition coefficient (Wildman–Crippen LogP) is 1.93. The number of aliphatic carboxylic acids is 1. The van der Waals surface area contributed by atoms with E-state index in [1.165, 1.54) is 12.1 Å².